The van der Waals surface area contributed by atoms with Crippen molar-refractivity contribution in [3.05, 3.63) is 72.9 Å². The van der Waals surface area contributed by atoms with E-state index in [0.29, 0.717) is 19.3 Å². The summed E-state index contributed by atoms with van der Waals surface area (Å²) in [6.45, 7) is 3.65. The van der Waals surface area contributed by atoms with Gasteiger partial charge < -0.3 is 34.3 Å². The topological polar surface area (TPSA) is 186 Å². The third-order valence-electron chi connectivity index (χ3n) is 10.5. The summed E-state index contributed by atoms with van der Waals surface area (Å²) in [7, 11) is -4.61. The molecule has 63 heavy (non-hydrogen) atoms. The normalized spacial score (nSPS) is 20.4. The predicted molar refractivity (Wildman–Crippen MR) is 252 cm³/mol. The first-order valence-electron chi connectivity index (χ1n) is 24.0. The molecule has 6 atom stereocenters. The highest BCUT2D eigenvalue weighted by molar-refractivity contribution is 7.85. The number of hydrogen-bond acceptors (Lipinski definition) is 11. The molecule has 0 aromatic rings. The SMILES string of the molecule is CCCC/C=C/C/C=C/CCCCCCCC(=O)O[C@H](COC(=O)CCC/C=C/C/C=C/C/C=C/C/C=C/CCCCCCCCC)CO[C@H]1O[C@H](CS(=O)(=O)O)[C@@H](O)C(O)C1O. The second kappa shape index (κ2) is 39.5. The number of carbonyl (C=O) groups is 2. The average Bonchev–Trinajstić information content (AvgIpc) is 3.25. The summed E-state index contributed by atoms with van der Waals surface area (Å²) in [6, 6.07) is 0. The first-order valence-corrected chi connectivity index (χ1v) is 25.6. The van der Waals surface area contributed by atoms with Crippen LogP contribution in [-0.2, 0) is 38.7 Å². The molecule has 1 heterocycles. The number of aliphatic hydroxyl groups is 3. The number of aliphatic hydroxyl groups excluding tert-OH is 3. The Labute approximate surface area is 380 Å². The molecule has 12 nitrogen and oxygen atoms in total. The van der Waals surface area contributed by atoms with E-state index in [9.17, 15) is 37.9 Å². The lowest BCUT2D eigenvalue weighted by Crippen LogP contribution is -2.60. The Hall–Kier alpha value is -2.91. The van der Waals surface area contributed by atoms with Crippen molar-refractivity contribution in [2.75, 3.05) is 19.0 Å². The molecule has 0 amide bonds. The molecule has 0 aromatic heterocycles. The molecular weight excluding hydrogens is 825 g/mol. The number of unbranched alkanes of at least 4 members (excludes halogenated alkanes) is 15. The maximum absolute atomic E-state index is 12.8. The van der Waals surface area contributed by atoms with Crippen molar-refractivity contribution in [1.29, 1.82) is 0 Å². The fourth-order valence-electron chi connectivity index (χ4n) is 6.74. The molecule has 0 bridgehead atoms. The molecule has 1 aliphatic rings. The highest BCUT2D eigenvalue weighted by atomic mass is 32.2. The molecule has 1 saturated heterocycles. The summed E-state index contributed by atoms with van der Waals surface area (Å²) >= 11 is 0. The molecule has 0 spiro atoms. The Morgan fingerprint density at radius 3 is 1.51 bits per heavy atom. The summed E-state index contributed by atoms with van der Waals surface area (Å²) in [5, 5.41) is 30.9. The summed E-state index contributed by atoms with van der Waals surface area (Å²) in [4.78, 5) is 25.4. The van der Waals surface area contributed by atoms with Crippen molar-refractivity contribution in [3.63, 3.8) is 0 Å². The summed E-state index contributed by atoms with van der Waals surface area (Å²) < 4.78 is 54.0. The molecule has 0 saturated carbocycles. The van der Waals surface area contributed by atoms with Crippen molar-refractivity contribution in [2.24, 2.45) is 0 Å². The minimum absolute atomic E-state index is 0.133. The number of ether oxygens (including phenoxy) is 4. The zero-order chi connectivity index (χ0) is 46.2. The highest BCUT2D eigenvalue weighted by Gasteiger charge is 2.46. The van der Waals surface area contributed by atoms with Gasteiger partial charge in [0.05, 0.1) is 6.61 Å². The molecule has 0 aliphatic carbocycles. The molecule has 13 heteroatoms. The number of esters is 2. The van der Waals surface area contributed by atoms with Crippen molar-refractivity contribution < 1.29 is 56.8 Å². The Morgan fingerprint density at radius 1 is 0.540 bits per heavy atom. The van der Waals surface area contributed by atoms with Crippen molar-refractivity contribution >= 4 is 22.1 Å². The van der Waals surface area contributed by atoms with Gasteiger partial charge in [-0.1, -0.05) is 157 Å². The number of allylic oxidation sites excluding steroid dienone is 12. The van der Waals surface area contributed by atoms with E-state index in [2.05, 4.69) is 80.7 Å². The number of rotatable bonds is 39. The molecule has 362 valence electrons. The van der Waals surface area contributed by atoms with Crippen molar-refractivity contribution in [1.82, 2.24) is 0 Å². The standard InChI is InChI=1S/C50H84O12S/c1-3-5-7-9-11-13-15-17-19-20-21-22-23-24-25-27-28-30-32-34-36-38-45(51)59-40-43(41-60-50-49(55)48(54)47(53)44(62-50)42-63(56,57)58)61-46(52)39-37-35-33-31-29-26-18-16-14-12-10-8-6-4-2/h10,12,16,18-20,22-23,25,27,30,32,43-44,47-50,53-55H,3-9,11,13-15,17,21,24,26,28-29,31,33-42H2,1-2H3,(H,56,57,58)/b12-10+,18-16+,20-19+,23-22+,27-25+,32-30+/t43-,44-,47-,48?,49?,50+/m1/s1. The van der Waals surface area contributed by atoms with E-state index in [1.807, 2.05) is 6.08 Å². The first-order chi connectivity index (χ1) is 30.5. The zero-order valence-electron chi connectivity index (χ0n) is 38.7. The van der Waals surface area contributed by atoms with Gasteiger partial charge in [-0.3, -0.25) is 14.1 Å². The molecule has 2 unspecified atom stereocenters. The Bertz CT molecular complexity index is 1440. The zero-order valence-corrected chi connectivity index (χ0v) is 39.5. The molecule has 1 rings (SSSR count). The van der Waals surface area contributed by atoms with Gasteiger partial charge in [-0.05, 0) is 77.0 Å². The number of hydrogen-bond donors (Lipinski definition) is 4. The van der Waals surface area contributed by atoms with Crippen LogP contribution in [0.4, 0.5) is 0 Å². The van der Waals surface area contributed by atoms with E-state index in [0.717, 1.165) is 70.6 Å². The average molecular weight is 909 g/mol. The molecule has 0 aromatic carbocycles. The van der Waals surface area contributed by atoms with Gasteiger partial charge in [0.2, 0.25) is 0 Å². The fraction of sp³-hybridized carbons (Fsp3) is 0.720. The maximum Gasteiger partial charge on any atom is 0.306 e. The lowest BCUT2D eigenvalue weighted by atomic mass is 10.00. The second-order valence-electron chi connectivity index (χ2n) is 16.4. The summed E-state index contributed by atoms with van der Waals surface area (Å²) in [5.74, 6) is -2.08. The van der Waals surface area contributed by atoms with Crippen molar-refractivity contribution in [2.45, 2.75) is 211 Å². The van der Waals surface area contributed by atoms with Crippen LogP contribution in [0.5, 0.6) is 0 Å². The van der Waals surface area contributed by atoms with Crippen LogP contribution in [0.25, 0.3) is 0 Å². The number of carbonyl (C=O) groups excluding carboxylic acids is 2. The molecule has 1 aliphatic heterocycles. The van der Waals surface area contributed by atoms with Crippen LogP contribution < -0.4 is 0 Å². The van der Waals surface area contributed by atoms with E-state index in [1.165, 1.54) is 57.8 Å². The molecule has 4 N–H and O–H groups in total. The quantitative estimate of drug-likeness (QED) is 0.0198. The third-order valence-corrected chi connectivity index (χ3v) is 11.3. The van der Waals surface area contributed by atoms with Gasteiger partial charge in [0.1, 0.15) is 36.8 Å². The van der Waals surface area contributed by atoms with Gasteiger partial charge >= 0.3 is 11.9 Å². The van der Waals surface area contributed by atoms with Gasteiger partial charge in [-0.15, -0.1) is 0 Å². The van der Waals surface area contributed by atoms with Gasteiger partial charge in [0.15, 0.2) is 12.4 Å². The first kappa shape index (κ1) is 58.1. The van der Waals surface area contributed by atoms with Gasteiger partial charge in [-0.2, -0.15) is 8.42 Å². The van der Waals surface area contributed by atoms with E-state index >= 15 is 0 Å². The minimum Gasteiger partial charge on any atom is -0.462 e. The van der Waals surface area contributed by atoms with E-state index in [4.69, 9.17) is 18.9 Å². The highest BCUT2D eigenvalue weighted by Crippen LogP contribution is 2.24. The minimum atomic E-state index is -4.61. The third kappa shape index (κ3) is 34.2. The Morgan fingerprint density at radius 2 is 0.984 bits per heavy atom. The van der Waals surface area contributed by atoms with Crippen LogP contribution in [0.3, 0.4) is 0 Å². The lowest BCUT2D eigenvalue weighted by molar-refractivity contribution is -0.297. The van der Waals surface area contributed by atoms with Gasteiger partial charge in [-0.25, -0.2) is 0 Å². The van der Waals surface area contributed by atoms with E-state index in [-0.39, 0.29) is 19.4 Å². The maximum atomic E-state index is 12.8. The van der Waals surface area contributed by atoms with Crippen LogP contribution in [0.1, 0.15) is 174 Å². The second-order valence-corrected chi connectivity index (χ2v) is 17.9. The predicted octanol–water partition coefficient (Wildman–Crippen LogP) is 10.3. The van der Waals surface area contributed by atoms with Crippen LogP contribution in [0, 0.1) is 0 Å². The van der Waals surface area contributed by atoms with E-state index in [1.54, 1.807) is 0 Å². The summed E-state index contributed by atoms with van der Waals surface area (Å²) in [5.41, 5.74) is 0. The summed E-state index contributed by atoms with van der Waals surface area (Å²) in [6.07, 6.45) is 41.0. The Kier molecular flexibility index (Phi) is 36.4. The fourth-order valence-corrected chi connectivity index (χ4v) is 7.43. The van der Waals surface area contributed by atoms with Gasteiger partial charge in [0.25, 0.3) is 10.1 Å². The molecule has 1 fully saturated rings. The van der Waals surface area contributed by atoms with Crippen LogP contribution in [0.15, 0.2) is 72.9 Å². The van der Waals surface area contributed by atoms with Crippen LogP contribution in [-0.4, -0.2) is 96.0 Å². The molecule has 0 radical (unpaired) electrons. The molecular formula is C50H84O12S. The van der Waals surface area contributed by atoms with Crippen LogP contribution >= 0.6 is 0 Å². The smallest absolute Gasteiger partial charge is 0.306 e. The largest absolute Gasteiger partial charge is 0.462 e. The van der Waals surface area contributed by atoms with E-state index < -0.39 is 71.2 Å². The van der Waals surface area contributed by atoms with Crippen LogP contribution in [0.2, 0.25) is 0 Å². The van der Waals surface area contributed by atoms with Crippen molar-refractivity contribution in [3.8, 4) is 0 Å². The Balaban J connectivity index is 2.46. The monoisotopic (exact) mass is 909 g/mol. The lowest BCUT2D eigenvalue weighted by Gasteiger charge is -2.40. The van der Waals surface area contributed by atoms with Gasteiger partial charge in [0, 0.05) is 12.8 Å².